The van der Waals surface area contributed by atoms with Gasteiger partial charge in [-0.15, -0.1) is 0 Å². The molecule has 0 saturated heterocycles. The van der Waals surface area contributed by atoms with Crippen LogP contribution in [0.1, 0.15) is 16.7 Å². The Kier molecular flexibility index (Phi) is 6.75. The predicted molar refractivity (Wildman–Crippen MR) is 101 cm³/mol. The number of hydrazone groups is 1. The maximum Gasteiger partial charge on any atom is 0.277 e. The second kappa shape index (κ2) is 9.03. The van der Waals surface area contributed by atoms with Crippen molar-refractivity contribution < 1.29 is 9.53 Å². The molecule has 0 aliphatic heterocycles. The van der Waals surface area contributed by atoms with Crippen LogP contribution >= 0.6 is 15.9 Å². The topological polar surface area (TPSA) is 50.7 Å². The number of benzene rings is 2. The summed E-state index contributed by atoms with van der Waals surface area (Å²) in [5, 5.41) is 3.90. The Morgan fingerprint density at radius 1 is 1.17 bits per heavy atom. The molecule has 1 amide bonds. The lowest BCUT2D eigenvalue weighted by Crippen LogP contribution is -2.24. The van der Waals surface area contributed by atoms with Crippen LogP contribution in [0.25, 0.3) is 6.08 Å². The minimum absolute atomic E-state index is 0.0817. The fourth-order valence-electron chi connectivity index (χ4n) is 1.97. The first-order valence-corrected chi connectivity index (χ1v) is 8.28. The molecule has 2 aromatic carbocycles. The van der Waals surface area contributed by atoms with Crippen LogP contribution in [0.4, 0.5) is 0 Å². The van der Waals surface area contributed by atoms with Crippen molar-refractivity contribution in [1.82, 2.24) is 5.43 Å². The average Bonchev–Trinajstić information content (AvgIpc) is 2.57. The molecule has 1 N–H and O–H groups in total. The molecule has 0 unspecified atom stereocenters. The standard InChI is InChI=1S/C19H19BrN2O2/c1-14-7-6-10-18(15(14)2)24-13-19(23)22-21-12-17(20)11-16-8-4-3-5-9-16/h3-12H,13H2,1-2H3,(H,22,23)/b17-11-,21-12-. The third-order valence-electron chi connectivity index (χ3n) is 3.39. The van der Waals surface area contributed by atoms with Gasteiger partial charge in [0.05, 0.1) is 6.21 Å². The molecular weight excluding hydrogens is 368 g/mol. The fraction of sp³-hybridized carbons (Fsp3) is 0.158. The number of aryl methyl sites for hydroxylation is 1. The van der Waals surface area contributed by atoms with Crippen LogP contribution in [-0.4, -0.2) is 18.7 Å². The van der Waals surface area contributed by atoms with Gasteiger partial charge in [0.1, 0.15) is 5.75 Å². The van der Waals surface area contributed by atoms with Crippen molar-refractivity contribution in [2.24, 2.45) is 5.10 Å². The SMILES string of the molecule is Cc1cccc(OCC(=O)N/N=C\C(Br)=C\c2ccccc2)c1C. The van der Waals surface area contributed by atoms with Gasteiger partial charge in [-0.1, -0.05) is 42.5 Å². The zero-order valence-corrected chi connectivity index (χ0v) is 15.2. The largest absolute Gasteiger partial charge is 0.483 e. The van der Waals surface area contributed by atoms with Crippen LogP contribution in [0, 0.1) is 13.8 Å². The quantitative estimate of drug-likeness (QED) is 0.596. The first kappa shape index (κ1) is 17.9. The molecule has 0 bridgehead atoms. The average molecular weight is 387 g/mol. The summed E-state index contributed by atoms with van der Waals surface area (Å²) < 4.78 is 6.27. The maximum atomic E-state index is 11.8. The fourth-order valence-corrected chi connectivity index (χ4v) is 2.33. The summed E-state index contributed by atoms with van der Waals surface area (Å²) in [6, 6.07) is 15.6. The first-order chi connectivity index (χ1) is 11.6. The Morgan fingerprint density at radius 2 is 1.92 bits per heavy atom. The molecular formula is C19H19BrN2O2. The Hall–Kier alpha value is -2.40. The Bertz CT molecular complexity index is 755. The molecule has 0 heterocycles. The number of nitrogens with zero attached hydrogens (tertiary/aromatic N) is 1. The summed E-state index contributed by atoms with van der Waals surface area (Å²) in [5.41, 5.74) is 5.64. The monoisotopic (exact) mass is 386 g/mol. The van der Waals surface area contributed by atoms with Crippen molar-refractivity contribution in [2.75, 3.05) is 6.61 Å². The van der Waals surface area contributed by atoms with Gasteiger partial charge in [-0.3, -0.25) is 4.79 Å². The third-order valence-corrected chi connectivity index (χ3v) is 3.83. The summed E-state index contributed by atoms with van der Waals surface area (Å²) >= 11 is 3.39. The van der Waals surface area contributed by atoms with E-state index in [4.69, 9.17) is 4.74 Å². The molecule has 24 heavy (non-hydrogen) atoms. The van der Waals surface area contributed by atoms with E-state index in [1.807, 2.05) is 68.5 Å². The van der Waals surface area contributed by atoms with E-state index < -0.39 is 0 Å². The summed E-state index contributed by atoms with van der Waals surface area (Å²) in [7, 11) is 0. The van der Waals surface area contributed by atoms with Gasteiger partial charge < -0.3 is 4.74 Å². The Balaban J connectivity index is 1.82. The number of ether oxygens (including phenoxy) is 1. The molecule has 4 nitrogen and oxygen atoms in total. The lowest BCUT2D eigenvalue weighted by molar-refractivity contribution is -0.123. The van der Waals surface area contributed by atoms with Crippen LogP contribution in [0.15, 0.2) is 58.1 Å². The molecule has 0 atom stereocenters. The lowest BCUT2D eigenvalue weighted by atomic mass is 10.1. The van der Waals surface area contributed by atoms with Gasteiger partial charge in [0, 0.05) is 4.48 Å². The molecule has 0 aliphatic rings. The third kappa shape index (κ3) is 5.66. The summed E-state index contributed by atoms with van der Waals surface area (Å²) in [6.45, 7) is 3.89. The van der Waals surface area contributed by atoms with Gasteiger partial charge in [0.15, 0.2) is 6.61 Å². The second-order valence-electron chi connectivity index (χ2n) is 5.22. The number of amides is 1. The highest BCUT2D eigenvalue weighted by Gasteiger charge is 2.05. The molecule has 5 heteroatoms. The van der Waals surface area contributed by atoms with Gasteiger partial charge >= 0.3 is 0 Å². The Labute approximate surface area is 150 Å². The van der Waals surface area contributed by atoms with E-state index in [1.165, 1.54) is 6.21 Å². The minimum Gasteiger partial charge on any atom is -0.483 e. The number of allylic oxidation sites excluding steroid dienone is 1. The van der Waals surface area contributed by atoms with Crippen molar-refractivity contribution in [3.63, 3.8) is 0 Å². The van der Waals surface area contributed by atoms with Crippen LogP contribution in [0.2, 0.25) is 0 Å². The van der Waals surface area contributed by atoms with E-state index >= 15 is 0 Å². The Morgan fingerprint density at radius 3 is 2.67 bits per heavy atom. The highest BCUT2D eigenvalue weighted by Crippen LogP contribution is 2.20. The number of nitrogens with one attached hydrogen (secondary N) is 1. The summed E-state index contributed by atoms with van der Waals surface area (Å²) in [4.78, 5) is 11.8. The zero-order valence-electron chi connectivity index (χ0n) is 13.6. The maximum absolute atomic E-state index is 11.8. The van der Waals surface area contributed by atoms with Gasteiger partial charge in [0.2, 0.25) is 0 Å². The minimum atomic E-state index is -0.313. The van der Waals surface area contributed by atoms with Gasteiger partial charge in [0.25, 0.3) is 5.91 Å². The van der Waals surface area contributed by atoms with Gasteiger partial charge in [-0.25, -0.2) is 5.43 Å². The zero-order chi connectivity index (χ0) is 17.4. The van der Waals surface area contributed by atoms with Crippen molar-refractivity contribution in [2.45, 2.75) is 13.8 Å². The number of halogens is 1. The van der Waals surface area contributed by atoms with Crippen LogP contribution in [0.3, 0.4) is 0 Å². The van der Waals surface area contributed by atoms with Crippen LogP contribution in [-0.2, 0) is 4.79 Å². The van der Waals surface area contributed by atoms with Gasteiger partial charge in [-0.2, -0.15) is 5.10 Å². The second-order valence-corrected chi connectivity index (χ2v) is 6.14. The van der Waals surface area contributed by atoms with Gasteiger partial charge in [-0.05, 0) is 58.6 Å². The van der Waals surface area contributed by atoms with E-state index in [1.54, 1.807) is 0 Å². The normalized spacial score (nSPS) is 11.5. The van der Waals surface area contributed by atoms with Crippen molar-refractivity contribution >= 4 is 34.1 Å². The van der Waals surface area contributed by atoms with Crippen LogP contribution < -0.4 is 10.2 Å². The van der Waals surface area contributed by atoms with E-state index in [0.717, 1.165) is 21.2 Å². The van der Waals surface area contributed by atoms with Crippen molar-refractivity contribution in [1.29, 1.82) is 0 Å². The lowest BCUT2D eigenvalue weighted by Gasteiger charge is -2.09. The molecule has 2 aromatic rings. The summed E-state index contributed by atoms with van der Waals surface area (Å²) in [6.07, 6.45) is 3.44. The number of hydrogen-bond donors (Lipinski definition) is 1. The molecule has 2 rings (SSSR count). The summed E-state index contributed by atoms with van der Waals surface area (Å²) in [5.74, 6) is 0.395. The number of hydrogen-bond acceptors (Lipinski definition) is 3. The predicted octanol–water partition coefficient (Wildman–Crippen LogP) is 4.22. The van der Waals surface area contributed by atoms with E-state index in [0.29, 0.717) is 5.75 Å². The van der Waals surface area contributed by atoms with Crippen molar-refractivity contribution in [3.05, 3.63) is 69.7 Å². The molecule has 0 aliphatic carbocycles. The smallest absolute Gasteiger partial charge is 0.277 e. The van der Waals surface area contributed by atoms with Crippen LogP contribution in [0.5, 0.6) is 5.75 Å². The molecule has 0 aromatic heterocycles. The first-order valence-electron chi connectivity index (χ1n) is 7.49. The molecule has 124 valence electrons. The van der Waals surface area contributed by atoms with E-state index in [9.17, 15) is 4.79 Å². The number of carbonyl (C=O) groups excluding carboxylic acids is 1. The van der Waals surface area contributed by atoms with Crippen molar-refractivity contribution in [3.8, 4) is 5.75 Å². The van der Waals surface area contributed by atoms with E-state index in [-0.39, 0.29) is 12.5 Å². The number of carbonyl (C=O) groups is 1. The molecule has 0 fully saturated rings. The highest BCUT2D eigenvalue weighted by atomic mass is 79.9. The molecule has 0 spiro atoms. The highest BCUT2D eigenvalue weighted by molar-refractivity contribution is 9.12. The number of rotatable bonds is 6. The molecule has 0 saturated carbocycles. The molecule has 0 radical (unpaired) electrons. The van der Waals surface area contributed by atoms with E-state index in [2.05, 4.69) is 26.5 Å².